The van der Waals surface area contributed by atoms with Crippen molar-refractivity contribution in [2.75, 3.05) is 4.90 Å². The number of hydrogen-bond donors (Lipinski definition) is 0. The molecule has 0 amide bonds. The molecule has 0 atom stereocenters. The van der Waals surface area contributed by atoms with Gasteiger partial charge in [-0.2, -0.15) is 0 Å². The van der Waals surface area contributed by atoms with Crippen LogP contribution >= 0.6 is 0 Å². The van der Waals surface area contributed by atoms with Crippen molar-refractivity contribution in [3.8, 4) is 16.8 Å². The van der Waals surface area contributed by atoms with E-state index in [1.165, 1.54) is 52.2 Å². The number of para-hydroxylation sites is 3. The zero-order valence-corrected chi connectivity index (χ0v) is 29.7. The van der Waals surface area contributed by atoms with Crippen LogP contribution in [0.1, 0.15) is 0 Å². The van der Waals surface area contributed by atoms with E-state index in [2.05, 4.69) is 179 Å². The molecule has 4 heteroatoms. The Kier molecular flexibility index (Phi) is 6.57. The normalized spacial score (nSPS) is 11.8. The van der Waals surface area contributed by atoms with Gasteiger partial charge in [-0.15, -0.1) is 0 Å². The summed E-state index contributed by atoms with van der Waals surface area (Å²) in [4.78, 5) is 2.37. The van der Waals surface area contributed by atoms with Crippen molar-refractivity contribution in [2.45, 2.75) is 0 Å². The molecule has 8 aromatic carbocycles. The summed E-state index contributed by atoms with van der Waals surface area (Å²) in [5.41, 5.74) is 11.1. The third-order valence-corrected chi connectivity index (χ3v) is 12.8. The SMILES string of the molecule is c1ccc(-n2c3ccccc3c3ccc(-c4ccc(N(c5ccc6c(c5)oc5ccccc56)c5ccc6c(c5)[se]c5ccccc56)cc4)cc32)cc1. The minimum absolute atomic E-state index is 0.265. The molecule has 0 radical (unpaired) electrons. The first-order valence-corrected chi connectivity index (χ1v) is 19.3. The fourth-order valence-electron chi connectivity index (χ4n) is 7.96. The van der Waals surface area contributed by atoms with Crippen LogP contribution in [-0.2, 0) is 0 Å². The molecule has 0 fully saturated rings. The van der Waals surface area contributed by atoms with Crippen molar-refractivity contribution >= 4 is 94.6 Å². The maximum atomic E-state index is 6.38. The fourth-order valence-corrected chi connectivity index (χ4v) is 10.4. The van der Waals surface area contributed by atoms with Gasteiger partial charge in [0.2, 0.25) is 0 Å². The van der Waals surface area contributed by atoms with Crippen LogP contribution in [0.2, 0.25) is 0 Å². The molecule has 0 N–H and O–H groups in total. The third-order valence-electron chi connectivity index (χ3n) is 10.4. The minimum atomic E-state index is 0.265. The van der Waals surface area contributed by atoms with Gasteiger partial charge in [0.25, 0.3) is 0 Å². The molecule has 3 nitrogen and oxygen atoms in total. The summed E-state index contributed by atoms with van der Waals surface area (Å²) >= 11 is 0.265. The number of hydrogen-bond acceptors (Lipinski definition) is 2. The Morgan fingerprint density at radius 1 is 0.385 bits per heavy atom. The van der Waals surface area contributed by atoms with Crippen molar-refractivity contribution in [1.29, 1.82) is 0 Å². The van der Waals surface area contributed by atoms with Crippen molar-refractivity contribution in [2.24, 2.45) is 0 Å². The van der Waals surface area contributed by atoms with Crippen LogP contribution in [0.3, 0.4) is 0 Å². The first-order chi connectivity index (χ1) is 25.8. The molecule has 11 aromatic rings. The van der Waals surface area contributed by atoms with Gasteiger partial charge in [0.1, 0.15) is 0 Å². The molecule has 3 heterocycles. The maximum Gasteiger partial charge on any atom is -0.0380 e. The molecule has 11 rings (SSSR count). The second-order valence-electron chi connectivity index (χ2n) is 13.4. The van der Waals surface area contributed by atoms with Crippen molar-refractivity contribution < 1.29 is 4.42 Å². The Morgan fingerprint density at radius 3 is 1.85 bits per heavy atom. The molecule has 0 bridgehead atoms. The van der Waals surface area contributed by atoms with Crippen LogP contribution in [0, 0.1) is 0 Å². The zero-order chi connectivity index (χ0) is 34.2. The molecule has 0 unspecified atom stereocenters. The van der Waals surface area contributed by atoms with Crippen molar-refractivity contribution in [1.82, 2.24) is 4.57 Å². The van der Waals surface area contributed by atoms with E-state index in [9.17, 15) is 0 Å². The van der Waals surface area contributed by atoms with Gasteiger partial charge in [-0.3, -0.25) is 0 Å². The van der Waals surface area contributed by atoms with Gasteiger partial charge in [-0.05, 0) is 18.2 Å². The number of benzene rings is 8. The van der Waals surface area contributed by atoms with E-state index < -0.39 is 0 Å². The Bertz CT molecular complexity index is 3020. The van der Waals surface area contributed by atoms with Crippen LogP contribution in [0.25, 0.3) is 79.9 Å². The summed E-state index contributed by atoms with van der Waals surface area (Å²) in [7, 11) is 0. The number of anilines is 3. The zero-order valence-electron chi connectivity index (χ0n) is 28.0. The van der Waals surface area contributed by atoms with Gasteiger partial charge in [0.05, 0.1) is 5.52 Å². The Balaban J connectivity index is 1.05. The van der Waals surface area contributed by atoms with Crippen molar-refractivity contribution in [3.05, 3.63) is 182 Å². The van der Waals surface area contributed by atoms with E-state index in [0.717, 1.165) is 44.7 Å². The summed E-state index contributed by atoms with van der Waals surface area (Å²) in [6.45, 7) is 0. The molecule has 0 aliphatic rings. The number of aromatic nitrogens is 1. The Labute approximate surface area is 305 Å². The van der Waals surface area contributed by atoms with Gasteiger partial charge in [-0.25, -0.2) is 0 Å². The third kappa shape index (κ3) is 4.59. The van der Waals surface area contributed by atoms with Crippen molar-refractivity contribution in [3.63, 3.8) is 0 Å². The predicted molar refractivity (Wildman–Crippen MR) is 220 cm³/mol. The van der Waals surface area contributed by atoms with Crippen LogP contribution in [0.15, 0.2) is 186 Å². The van der Waals surface area contributed by atoms with Crippen LogP contribution in [0.4, 0.5) is 17.1 Å². The minimum Gasteiger partial charge on any atom is -0.0602 e. The standard InChI is InChI=1S/C48H30N2OSe/c1-2-10-33(11-3-1)50-43-15-7-4-12-37(43)38-25-20-32(28-44(38)50)31-18-21-34(22-19-31)49(35-23-26-40-39-13-5-8-16-45(39)51-46(40)29-35)36-24-27-42-41-14-6-9-17-47(41)52-48(42)30-36/h1-30H. The monoisotopic (exact) mass is 730 g/mol. The Morgan fingerprint density at radius 2 is 0.981 bits per heavy atom. The average Bonchev–Trinajstić information content (AvgIpc) is 3.87. The number of rotatable bonds is 5. The van der Waals surface area contributed by atoms with E-state index >= 15 is 0 Å². The summed E-state index contributed by atoms with van der Waals surface area (Å²) in [6, 6.07) is 65.9. The quantitative estimate of drug-likeness (QED) is 0.165. The van der Waals surface area contributed by atoms with Gasteiger partial charge in [-0.1, -0.05) is 36.4 Å². The second-order valence-corrected chi connectivity index (χ2v) is 15.6. The molecule has 52 heavy (non-hydrogen) atoms. The van der Waals surface area contributed by atoms with Crippen LogP contribution in [-0.4, -0.2) is 19.1 Å². The molecule has 0 saturated heterocycles. The van der Waals surface area contributed by atoms with Gasteiger partial charge < -0.3 is 0 Å². The van der Waals surface area contributed by atoms with Gasteiger partial charge in [0, 0.05) is 11.1 Å². The molecule has 0 saturated carbocycles. The predicted octanol–water partition coefficient (Wildman–Crippen LogP) is 13.2. The van der Waals surface area contributed by atoms with E-state index in [1.54, 1.807) is 0 Å². The summed E-state index contributed by atoms with van der Waals surface area (Å²) in [5, 5.41) is 7.51. The largest absolute Gasteiger partial charge is 0.0602 e. The molecular formula is C48H30N2OSe. The van der Waals surface area contributed by atoms with Gasteiger partial charge >= 0.3 is 236 Å². The summed E-state index contributed by atoms with van der Waals surface area (Å²) in [6.07, 6.45) is 0. The fraction of sp³-hybridized carbons (Fsp3) is 0. The van der Waals surface area contributed by atoms with E-state index in [-0.39, 0.29) is 14.5 Å². The van der Waals surface area contributed by atoms with Crippen LogP contribution in [0.5, 0.6) is 0 Å². The van der Waals surface area contributed by atoms with E-state index in [4.69, 9.17) is 4.42 Å². The number of nitrogens with zero attached hydrogens (tertiary/aromatic N) is 2. The molecule has 3 aromatic heterocycles. The maximum absolute atomic E-state index is 6.38. The molecule has 0 aliphatic heterocycles. The van der Waals surface area contributed by atoms with E-state index in [0.29, 0.717) is 0 Å². The first-order valence-electron chi connectivity index (χ1n) is 17.6. The summed E-state index contributed by atoms with van der Waals surface area (Å²) in [5.74, 6) is 0. The molecule has 0 aliphatic carbocycles. The Hall–Kier alpha value is -6.32. The number of furan rings is 1. The average molecular weight is 730 g/mol. The smallest absolute Gasteiger partial charge is 0.0380 e. The van der Waals surface area contributed by atoms with E-state index in [1.807, 2.05) is 12.1 Å². The molecule has 244 valence electrons. The number of fused-ring (bicyclic) bond motifs is 9. The van der Waals surface area contributed by atoms with Gasteiger partial charge in [0.15, 0.2) is 0 Å². The topological polar surface area (TPSA) is 21.3 Å². The van der Waals surface area contributed by atoms with Crippen LogP contribution < -0.4 is 4.90 Å². The molecule has 0 spiro atoms. The molecular weight excluding hydrogens is 700 g/mol. The second kappa shape index (κ2) is 11.6. The first kappa shape index (κ1) is 29.4. The summed E-state index contributed by atoms with van der Waals surface area (Å²) < 4.78 is 11.6.